The van der Waals surface area contributed by atoms with Crippen molar-refractivity contribution in [3.05, 3.63) is 70.8 Å². The molecule has 1 amide bonds. The summed E-state index contributed by atoms with van der Waals surface area (Å²) < 4.78 is 32.7. The van der Waals surface area contributed by atoms with Crippen LogP contribution in [0, 0.1) is 23.0 Å². The Bertz CT molecular complexity index is 817. The number of nitriles is 1. The maximum atomic E-state index is 13.7. The molecule has 1 aliphatic heterocycles. The van der Waals surface area contributed by atoms with Crippen LogP contribution in [0.4, 0.5) is 8.78 Å². The number of amides is 1. The molecule has 6 heteroatoms. The van der Waals surface area contributed by atoms with Crippen molar-refractivity contribution in [3.63, 3.8) is 0 Å². The fourth-order valence-corrected chi connectivity index (χ4v) is 2.73. The van der Waals surface area contributed by atoms with Crippen molar-refractivity contribution < 1.29 is 18.3 Å². The molecule has 0 bridgehead atoms. The van der Waals surface area contributed by atoms with Gasteiger partial charge >= 0.3 is 0 Å². The number of morpholine rings is 1. The topological polar surface area (TPSA) is 53.3 Å². The van der Waals surface area contributed by atoms with Crippen molar-refractivity contribution in [2.24, 2.45) is 0 Å². The number of halogens is 2. The number of carbonyl (C=O) groups is 1. The van der Waals surface area contributed by atoms with Crippen molar-refractivity contribution in [1.82, 2.24) is 4.90 Å². The molecule has 0 aliphatic carbocycles. The van der Waals surface area contributed by atoms with E-state index in [1.165, 1.54) is 29.2 Å². The molecular formula is C18H14F2N2O2. The highest BCUT2D eigenvalue weighted by Gasteiger charge is 2.28. The molecule has 122 valence electrons. The average Bonchev–Trinajstić information content (AvgIpc) is 2.61. The number of carbonyl (C=O) groups excluding carboxylic acids is 1. The zero-order chi connectivity index (χ0) is 17.1. The number of hydrogen-bond acceptors (Lipinski definition) is 3. The van der Waals surface area contributed by atoms with E-state index in [9.17, 15) is 13.6 Å². The lowest BCUT2D eigenvalue weighted by Crippen LogP contribution is -2.42. The van der Waals surface area contributed by atoms with Crippen LogP contribution in [-0.2, 0) is 4.74 Å². The molecule has 0 N–H and O–H groups in total. The molecule has 2 aromatic rings. The highest BCUT2D eigenvalue weighted by atomic mass is 19.1. The molecule has 0 saturated carbocycles. The lowest BCUT2D eigenvalue weighted by atomic mass is 10.0. The molecule has 4 nitrogen and oxygen atoms in total. The smallest absolute Gasteiger partial charge is 0.255 e. The second-order valence-corrected chi connectivity index (χ2v) is 5.44. The zero-order valence-electron chi connectivity index (χ0n) is 12.7. The minimum atomic E-state index is -0.724. The molecule has 3 rings (SSSR count). The van der Waals surface area contributed by atoms with Crippen molar-refractivity contribution in [1.29, 1.82) is 5.26 Å². The number of nitrogens with zero attached hydrogens (tertiary/aromatic N) is 2. The standard InChI is InChI=1S/C18H14F2N2O2/c19-13-4-1-3-12(9-13)17-11-22(7-8-24-17)18(23)14-5-2-6-16(20)15(14)10-21/h1-6,9,17H,7-8,11H2. The number of benzene rings is 2. The Morgan fingerprint density at radius 2 is 2.04 bits per heavy atom. The van der Waals surface area contributed by atoms with Crippen LogP contribution in [0.2, 0.25) is 0 Å². The second-order valence-electron chi connectivity index (χ2n) is 5.44. The Morgan fingerprint density at radius 3 is 2.79 bits per heavy atom. The van der Waals surface area contributed by atoms with Gasteiger partial charge in [0, 0.05) is 6.54 Å². The summed E-state index contributed by atoms with van der Waals surface area (Å²) in [5.74, 6) is -1.54. The molecule has 0 spiro atoms. The molecule has 1 aliphatic rings. The van der Waals surface area contributed by atoms with E-state index in [1.807, 2.05) is 0 Å². The van der Waals surface area contributed by atoms with Gasteiger partial charge in [-0.15, -0.1) is 0 Å². The summed E-state index contributed by atoms with van der Waals surface area (Å²) in [5.41, 5.74) is 0.390. The normalized spacial score (nSPS) is 17.4. The predicted molar refractivity (Wildman–Crippen MR) is 82.1 cm³/mol. The van der Waals surface area contributed by atoms with Crippen LogP contribution >= 0.6 is 0 Å². The maximum absolute atomic E-state index is 13.7. The highest BCUT2D eigenvalue weighted by Crippen LogP contribution is 2.24. The van der Waals surface area contributed by atoms with E-state index in [-0.39, 0.29) is 30.1 Å². The zero-order valence-corrected chi connectivity index (χ0v) is 12.7. The average molecular weight is 328 g/mol. The summed E-state index contributed by atoms with van der Waals surface area (Å²) in [6, 6.07) is 11.7. The molecule has 1 atom stereocenters. The lowest BCUT2D eigenvalue weighted by molar-refractivity contribution is -0.0229. The van der Waals surface area contributed by atoms with Gasteiger partial charge < -0.3 is 9.64 Å². The van der Waals surface area contributed by atoms with Gasteiger partial charge in [0.05, 0.1) is 18.7 Å². The number of hydrogen-bond donors (Lipinski definition) is 0. The van der Waals surface area contributed by atoms with Crippen molar-refractivity contribution >= 4 is 5.91 Å². The summed E-state index contributed by atoms with van der Waals surface area (Å²) in [4.78, 5) is 14.1. The Balaban J connectivity index is 1.84. The summed E-state index contributed by atoms with van der Waals surface area (Å²) in [6.45, 7) is 0.819. The molecule has 2 aromatic carbocycles. The third-order valence-corrected chi connectivity index (χ3v) is 3.93. The Kier molecular flexibility index (Phi) is 4.54. The van der Waals surface area contributed by atoms with E-state index in [0.29, 0.717) is 12.1 Å². The summed E-state index contributed by atoms with van der Waals surface area (Å²) >= 11 is 0. The van der Waals surface area contributed by atoms with Gasteiger partial charge in [-0.25, -0.2) is 8.78 Å². The van der Waals surface area contributed by atoms with E-state index in [1.54, 1.807) is 18.2 Å². The van der Waals surface area contributed by atoms with Gasteiger partial charge in [-0.2, -0.15) is 5.26 Å². The van der Waals surface area contributed by atoms with Gasteiger partial charge in [-0.1, -0.05) is 18.2 Å². The third kappa shape index (κ3) is 3.12. The fourth-order valence-electron chi connectivity index (χ4n) is 2.73. The first kappa shape index (κ1) is 16.1. The van der Waals surface area contributed by atoms with E-state index >= 15 is 0 Å². The van der Waals surface area contributed by atoms with E-state index in [2.05, 4.69) is 0 Å². The van der Waals surface area contributed by atoms with Crippen molar-refractivity contribution in [2.45, 2.75) is 6.10 Å². The summed E-state index contributed by atoms with van der Waals surface area (Å²) in [6.07, 6.45) is -0.461. The van der Waals surface area contributed by atoms with Gasteiger partial charge in [0.15, 0.2) is 0 Å². The first-order chi connectivity index (χ1) is 11.6. The number of ether oxygens (including phenoxy) is 1. The molecule has 1 heterocycles. The van der Waals surface area contributed by atoms with E-state index < -0.39 is 17.8 Å². The lowest BCUT2D eigenvalue weighted by Gasteiger charge is -2.33. The first-order valence-corrected chi connectivity index (χ1v) is 7.45. The summed E-state index contributed by atoms with van der Waals surface area (Å²) in [5, 5.41) is 9.08. The third-order valence-electron chi connectivity index (χ3n) is 3.93. The molecule has 0 aromatic heterocycles. The highest BCUT2D eigenvalue weighted by molar-refractivity contribution is 5.96. The van der Waals surface area contributed by atoms with Crippen LogP contribution in [0.5, 0.6) is 0 Å². The van der Waals surface area contributed by atoms with Crippen LogP contribution in [-0.4, -0.2) is 30.5 Å². The fraction of sp³-hybridized carbons (Fsp3) is 0.222. The maximum Gasteiger partial charge on any atom is 0.255 e. The monoisotopic (exact) mass is 328 g/mol. The van der Waals surface area contributed by atoms with Crippen LogP contribution in [0.1, 0.15) is 27.6 Å². The minimum absolute atomic E-state index is 0.0254. The minimum Gasteiger partial charge on any atom is -0.370 e. The molecule has 1 unspecified atom stereocenters. The van der Waals surface area contributed by atoms with Crippen molar-refractivity contribution in [3.8, 4) is 6.07 Å². The Labute approximate surface area is 137 Å². The molecule has 1 fully saturated rings. The molecule has 1 saturated heterocycles. The first-order valence-electron chi connectivity index (χ1n) is 7.45. The van der Waals surface area contributed by atoms with E-state index in [4.69, 9.17) is 10.00 Å². The molecular weight excluding hydrogens is 314 g/mol. The Hall–Kier alpha value is -2.78. The van der Waals surface area contributed by atoms with Crippen LogP contribution in [0.3, 0.4) is 0 Å². The van der Waals surface area contributed by atoms with E-state index in [0.717, 1.165) is 6.07 Å². The van der Waals surface area contributed by atoms with Crippen LogP contribution in [0.15, 0.2) is 42.5 Å². The van der Waals surface area contributed by atoms with Crippen LogP contribution < -0.4 is 0 Å². The molecule has 0 radical (unpaired) electrons. The van der Waals surface area contributed by atoms with Gasteiger partial charge in [-0.05, 0) is 29.8 Å². The number of rotatable bonds is 2. The molecule has 24 heavy (non-hydrogen) atoms. The van der Waals surface area contributed by atoms with Crippen LogP contribution in [0.25, 0.3) is 0 Å². The second kappa shape index (κ2) is 6.77. The van der Waals surface area contributed by atoms with Gasteiger partial charge in [0.2, 0.25) is 0 Å². The predicted octanol–water partition coefficient (Wildman–Crippen LogP) is 3.05. The largest absolute Gasteiger partial charge is 0.370 e. The van der Waals surface area contributed by atoms with Gasteiger partial charge in [0.25, 0.3) is 5.91 Å². The van der Waals surface area contributed by atoms with Gasteiger partial charge in [0.1, 0.15) is 29.4 Å². The van der Waals surface area contributed by atoms with Gasteiger partial charge in [-0.3, -0.25) is 4.79 Å². The Morgan fingerprint density at radius 1 is 1.25 bits per heavy atom. The SMILES string of the molecule is N#Cc1c(F)cccc1C(=O)N1CCOC(c2cccc(F)c2)C1. The quantitative estimate of drug-likeness (QED) is 0.851. The summed E-state index contributed by atoms with van der Waals surface area (Å²) in [7, 11) is 0. The van der Waals surface area contributed by atoms with Crippen molar-refractivity contribution in [2.75, 3.05) is 19.7 Å².